The monoisotopic (exact) mass is 257 g/mol. The highest BCUT2D eigenvalue weighted by Gasteiger charge is 2.10. The van der Waals surface area contributed by atoms with Gasteiger partial charge in [-0.05, 0) is 5.56 Å². The zero-order valence-corrected chi connectivity index (χ0v) is 10.9. The largest absolute Gasteiger partial charge is 0.464 e. The molecule has 0 radical (unpaired) electrons. The fourth-order valence-corrected chi connectivity index (χ4v) is 1.71. The van der Waals surface area contributed by atoms with E-state index in [-0.39, 0.29) is 5.69 Å². The van der Waals surface area contributed by atoms with E-state index in [2.05, 4.69) is 14.7 Å². The molecule has 0 spiro atoms. The number of hydrogen-bond donors (Lipinski definition) is 0. The molecule has 0 saturated heterocycles. The third-order valence-electron chi connectivity index (χ3n) is 2.70. The van der Waals surface area contributed by atoms with Crippen LogP contribution in [0.25, 0.3) is 0 Å². The number of aromatic nitrogens is 2. The Bertz CT molecular complexity index is 558. The van der Waals surface area contributed by atoms with Gasteiger partial charge in [0.25, 0.3) is 0 Å². The van der Waals surface area contributed by atoms with Gasteiger partial charge in [-0.3, -0.25) is 0 Å². The molecule has 0 aliphatic heterocycles. The van der Waals surface area contributed by atoms with Crippen LogP contribution in [0.15, 0.2) is 42.7 Å². The second-order valence-corrected chi connectivity index (χ2v) is 4.09. The SMILES string of the molecule is COC(=O)c1cc(N(C)Cc2ccccc2)ncn1. The minimum atomic E-state index is -0.461. The number of esters is 1. The van der Waals surface area contributed by atoms with Gasteiger partial charge in [-0.1, -0.05) is 30.3 Å². The minimum absolute atomic E-state index is 0.257. The average Bonchev–Trinajstić information content (AvgIpc) is 2.47. The van der Waals surface area contributed by atoms with Crippen molar-refractivity contribution in [1.29, 1.82) is 0 Å². The molecule has 5 heteroatoms. The highest BCUT2D eigenvalue weighted by molar-refractivity contribution is 5.87. The molecule has 0 fully saturated rings. The Morgan fingerprint density at radius 1 is 1.26 bits per heavy atom. The van der Waals surface area contributed by atoms with Crippen molar-refractivity contribution in [2.75, 3.05) is 19.1 Å². The van der Waals surface area contributed by atoms with Crippen LogP contribution in [0.5, 0.6) is 0 Å². The van der Waals surface area contributed by atoms with E-state index in [1.165, 1.54) is 19.0 Å². The van der Waals surface area contributed by atoms with Crippen LogP contribution in [-0.2, 0) is 11.3 Å². The first-order valence-electron chi connectivity index (χ1n) is 5.86. The minimum Gasteiger partial charge on any atom is -0.464 e. The van der Waals surface area contributed by atoms with E-state index < -0.39 is 5.97 Å². The van der Waals surface area contributed by atoms with Crippen molar-refractivity contribution in [2.24, 2.45) is 0 Å². The molecule has 0 aliphatic carbocycles. The summed E-state index contributed by atoms with van der Waals surface area (Å²) in [6.07, 6.45) is 1.36. The summed E-state index contributed by atoms with van der Waals surface area (Å²) in [6.45, 7) is 0.707. The molecular formula is C14H15N3O2. The van der Waals surface area contributed by atoms with Gasteiger partial charge in [-0.25, -0.2) is 14.8 Å². The Balaban J connectivity index is 2.15. The molecule has 0 unspecified atom stereocenters. The van der Waals surface area contributed by atoms with Crippen molar-refractivity contribution in [1.82, 2.24) is 9.97 Å². The van der Waals surface area contributed by atoms with Crippen LogP contribution in [0.2, 0.25) is 0 Å². The predicted molar refractivity (Wildman–Crippen MR) is 71.9 cm³/mol. The second kappa shape index (κ2) is 5.95. The lowest BCUT2D eigenvalue weighted by molar-refractivity contribution is 0.0594. The van der Waals surface area contributed by atoms with Gasteiger partial charge in [-0.15, -0.1) is 0 Å². The van der Waals surface area contributed by atoms with E-state index in [9.17, 15) is 4.79 Å². The third-order valence-corrected chi connectivity index (χ3v) is 2.70. The Labute approximate surface area is 111 Å². The van der Waals surface area contributed by atoms with Gasteiger partial charge in [0.2, 0.25) is 0 Å². The van der Waals surface area contributed by atoms with E-state index in [0.29, 0.717) is 12.4 Å². The molecule has 1 aromatic carbocycles. The number of carbonyl (C=O) groups is 1. The molecule has 5 nitrogen and oxygen atoms in total. The third kappa shape index (κ3) is 3.28. The number of rotatable bonds is 4. The van der Waals surface area contributed by atoms with Crippen LogP contribution in [0.1, 0.15) is 16.1 Å². The standard InChI is InChI=1S/C14H15N3O2/c1-17(9-11-6-4-3-5-7-11)13-8-12(14(18)19-2)15-10-16-13/h3-8,10H,9H2,1-2H3. The molecule has 0 bridgehead atoms. The lowest BCUT2D eigenvalue weighted by Gasteiger charge is -2.18. The van der Waals surface area contributed by atoms with Crippen LogP contribution in [0.4, 0.5) is 5.82 Å². The number of nitrogens with zero attached hydrogens (tertiary/aromatic N) is 3. The Hall–Kier alpha value is -2.43. The number of benzene rings is 1. The summed E-state index contributed by atoms with van der Waals surface area (Å²) in [5.74, 6) is 0.219. The van der Waals surface area contributed by atoms with Gasteiger partial charge >= 0.3 is 5.97 Å². The summed E-state index contributed by atoms with van der Waals surface area (Å²) in [6, 6.07) is 11.7. The maximum atomic E-state index is 11.4. The van der Waals surface area contributed by atoms with Crippen LogP contribution in [0, 0.1) is 0 Å². The lowest BCUT2D eigenvalue weighted by Crippen LogP contribution is -2.18. The van der Waals surface area contributed by atoms with Gasteiger partial charge in [0.1, 0.15) is 12.1 Å². The van der Waals surface area contributed by atoms with E-state index in [1.807, 2.05) is 42.3 Å². The van der Waals surface area contributed by atoms with Crippen molar-refractivity contribution in [2.45, 2.75) is 6.54 Å². The first kappa shape index (κ1) is 13.0. The molecular weight excluding hydrogens is 242 g/mol. The fraction of sp³-hybridized carbons (Fsp3) is 0.214. The van der Waals surface area contributed by atoms with Gasteiger partial charge in [0, 0.05) is 19.7 Å². The lowest BCUT2D eigenvalue weighted by atomic mass is 10.2. The summed E-state index contributed by atoms with van der Waals surface area (Å²) in [5.41, 5.74) is 1.43. The van der Waals surface area contributed by atoms with E-state index >= 15 is 0 Å². The molecule has 0 atom stereocenters. The normalized spacial score (nSPS) is 10.0. The van der Waals surface area contributed by atoms with Crippen molar-refractivity contribution in [3.8, 4) is 0 Å². The quantitative estimate of drug-likeness (QED) is 0.783. The predicted octanol–water partition coefficient (Wildman–Crippen LogP) is 1.90. The molecule has 2 rings (SSSR count). The smallest absolute Gasteiger partial charge is 0.356 e. The van der Waals surface area contributed by atoms with Crippen molar-refractivity contribution in [3.63, 3.8) is 0 Å². The average molecular weight is 257 g/mol. The molecule has 0 saturated carbocycles. The van der Waals surface area contributed by atoms with E-state index in [1.54, 1.807) is 6.07 Å². The second-order valence-electron chi connectivity index (χ2n) is 4.09. The summed E-state index contributed by atoms with van der Waals surface area (Å²) in [7, 11) is 3.24. The molecule has 0 amide bonds. The number of anilines is 1. The maximum Gasteiger partial charge on any atom is 0.356 e. The zero-order chi connectivity index (χ0) is 13.7. The number of carbonyl (C=O) groups excluding carboxylic acids is 1. The Morgan fingerprint density at radius 3 is 2.68 bits per heavy atom. The molecule has 1 heterocycles. The van der Waals surface area contributed by atoms with Crippen LogP contribution >= 0.6 is 0 Å². The van der Waals surface area contributed by atoms with E-state index in [0.717, 1.165) is 0 Å². The highest BCUT2D eigenvalue weighted by atomic mass is 16.5. The van der Waals surface area contributed by atoms with Gasteiger partial charge < -0.3 is 9.64 Å². The summed E-state index contributed by atoms with van der Waals surface area (Å²) in [4.78, 5) is 21.4. The number of hydrogen-bond acceptors (Lipinski definition) is 5. The zero-order valence-electron chi connectivity index (χ0n) is 10.9. The Kier molecular flexibility index (Phi) is 4.07. The van der Waals surface area contributed by atoms with Crippen molar-refractivity contribution >= 4 is 11.8 Å². The molecule has 2 aromatic rings. The first-order valence-corrected chi connectivity index (χ1v) is 5.86. The number of ether oxygens (including phenoxy) is 1. The molecule has 0 N–H and O–H groups in total. The Morgan fingerprint density at radius 2 is 2.00 bits per heavy atom. The summed E-state index contributed by atoms with van der Waals surface area (Å²) < 4.78 is 4.64. The van der Waals surface area contributed by atoms with Crippen molar-refractivity contribution < 1.29 is 9.53 Å². The van der Waals surface area contributed by atoms with Crippen LogP contribution in [0.3, 0.4) is 0 Å². The molecule has 98 valence electrons. The summed E-state index contributed by atoms with van der Waals surface area (Å²) >= 11 is 0. The van der Waals surface area contributed by atoms with Crippen LogP contribution in [-0.4, -0.2) is 30.1 Å². The highest BCUT2D eigenvalue weighted by Crippen LogP contribution is 2.13. The number of methoxy groups -OCH3 is 1. The van der Waals surface area contributed by atoms with Gasteiger partial charge in [0.05, 0.1) is 7.11 Å². The van der Waals surface area contributed by atoms with E-state index in [4.69, 9.17) is 0 Å². The van der Waals surface area contributed by atoms with Gasteiger partial charge in [0.15, 0.2) is 5.69 Å². The summed E-state index contributed by atoms with van der Waals surface area (Å²) in [5, 5.41) is 0. The first-order chi connectivity index (χ1) is 9.20. The van der Waals surface area contributed by atoms with Crippen molar-refractivity contribution in [3.05, 3.63) is 54.0 Å². The molecule has 19 heavy (non-hydrogen) atoms. The topological polar surface area (TPSA) is 55.3 Å². The fourth-order valence-electron chi connectivity index (χ4n) is 1.71. The maximum absolute atomic E-state index is 11.4. The van der Waals surface area contributed by atoms with Gasteiger partial charge in [-0.2, -0.15) is 0 Å². The van der Waals surface area contributed by atoms with Crippen LogP contribution < -0.4 is 4.90 Å². The molecule has 1 aromatic heterocycles. The molecule has 0 aliphatic rings.